The molecule has 0 aliphatic heterocycles. The lowest BCUT2D eigenvalue weighted by molar-refractivity contribution is -0.142. The Balaban J connectivity index is 2.20. The third-order valence-electron chi connectivity index (χ3n) is 3.26. The van der Waals surface area contributed by atoms with Crippen LogP contribution in [0.4, 0.5) is 0 Å². The SMILES string of the molecule is COc1ccc(C(NC(=O)C(C)n2cncn2)C(=O)O)cc1Cl. The van der Waals surface area contributed by atoms with E-state index < -0.39 is 24.0 Å². The van der Waals surface area contributed by atoms with Crippen LogP contribution in [0.2, 0.25) is 5.02 Å². The largest absolute Gasteiger partial charge is 0.495 e. The van der Waals surface area contributed by atoms with Gasteiger partial charge in [-0.3, -0.25) is 4.79 Å². The van der Waals surface area contributed by atoms with Crippen LogP contribution >= 0.6 is 11.6 Å². The summed E-state index contributed by atoms with van der Waals surface area (Å²) in [7, 11) is 1.46. The molecule has 0 saturated carbocycles. The van der Waals surface area contributed by atoms with Crippen molar-refractivity contribution in [1.29, 1.82) is 0 Å². The zero-order valence-corrected chi connectivity index (χ0v) is 13.2. The van der Waals surface area contributed by atoms with Crippen LogP contribution in [-0.2, 0) is 9.59 Å². The molecule has 23 heavy (non-hydrogen) atoms. The van der Waals surface area contributed by atoms with Crippen molar-refractivity contribution in [1.82, 2.24) is 20.1 Å². The van der Waals surface area contributed by atoms with E-state index in [1.165, 1.54) is 36.6 Å². The Morgan fingerprint density at radius 1 is 1.43 bits per heavy atom. The number of carbonyl (C=O) groups excluding carboxylic acids is 1. The normalized spacial score (nSPS) is 13.2. The Labute approximate surface area is 137 Å². The molecule has 0 saturated heterocycles. The predicted octanol–water partition coefficient (Wildman–Crippen LogP) is 1.44. The minimum Gasteiger partial charge on any atom is -0.495 e. The Kier molecular flexibility index (Phi) is 5.17. The van der Waals surface area contributed by atoms with Gasteiger partial charge in [0.05, 0.1) is 12.1 Å². The van der Waals surface area contributed by atoms with Crippen LogP contribution in [0.15, 0.2) is 30.9 Å². The lowest BCUT2D eigenvalue weighted by atomic mass is 10.1. The van der Waals surface area contributed by atoms with Gasteiger partial charge in [0, 0.05) is 0 Å². The van der Waals surface area contributed by atoms with Crippen LogP contribution in [0.25, 0.3) is 0 Å². The van der Waals surface area contributed by atoms with Crippen LogP contribution in [0.3, 0.4) is 0 Å². The Morgan fingerprint density at radius 2 is 2.17 bits per heavy atom. The van der Waals surface area contributed by atoms with Gasteiger partial charge >= 0.3 is 5.97 Å². The molecule has 2 unspecified atom stereocenters. The van der Waals surface area contributed by atoms with Crippen LogP contribution in [0.5, 0.6) is 5.75 Å². The van der Waals surface area contributed by atoms with Gasteiger partial charge in [0.2, 0.25) is 5.91 Å². The number of carboxylic acids is 1. The molecule has 2 atom stereocenters. The summed E-state index contributed by atoms with van der Waals surface area (Å²) in [5.41, 5.74) is 0.336. The number of methoxy groups -OCH3 is 1. The molecule has 0 aliphatic rings. The van der Waals surface area contributed by atoms with Crippen molar-refractivity contribution >= 4 is 23.5 Å². The smallest absolute Gasteiger partial charge is 0.330 e. The average Bonchev–Trinajstić information content (AvgIpc) is 3.05. The highest BCUT2D eigenvalue weighted by Gasteiger charge is 2.26. The molecule has 1 aromatic heterocycles. The molecule has 1 aromatic carbocycles. The van der Waals surface area contributed by atoms with E-state index in [2.05, 4.69) is 15.4 Å². The first-order chi connectivity index (χ1) is 10.9. The minimum atomic E-state index is -1.24. The van der Waals surface area contributed by atoms with Gasteiger partial charge in [-0.2, -0.15) is 5.10 Å². The summed E-state index contributed by atoms with van der Waals surface area (Å²) in [5.74, 6) is -1.29. The van der Waals surface area contributed by atoms with Crippen molar-refractivity contribution in [3.63, 3.8) is 0 Å². The lowest BCUT2D eigenvalue weighted by Crippen LogP contribution is -2.38. The van der Waals surface area contributed by atoms with Crippen LogP contribution in [0.1, 0.15) is 24.6 Å². The molecule has 0 spiro atoms. The first-order valence-electron chi connectivity index (χ1n) is 6.64. The summed E-state index contributed by atoms with van der Waals surface area (Å²) < 4.78 is 6.35. The predicted molar refractivity (Wildman–Crippen MR) is 81.3 cm³/mol. The molecule has 1 amide bonds. The fraction of sp³-hybridized carbons (Fsp3) is 0.286. The van der Waals surface area contributed by atoms with Crippen molar-refractivity contribution in [3.8, 4) is 5.75 Å². The molecular formula is C14H15ClN4O4. The summed E-state index contributed by atoms with van der Waals surface area (Å²) in [5, 5.41) is 16.0. The highest BCUT2D eigenvalue weighted by atomic mass is 35.5. The summed E-state index contributed by atoms with van der Waals surface area (Å²) in [6, 6.07) is 2.58. The summed E-state index contributed by atoms with van der Waals surface area (Å²) in [4.78, 5) is 27.5. The van der Waals surface area contributed by atoms with Gasteiger partial charge in [0.25, 0.3) is 0 Å². The van der Waals surface area contributed by atoms with Crippen molar-refractivity contribution in [3.05, 3.63) is 41.4 Å². The Bertz CT molecular complexity index is 705. The molecule has 2 aromatic rings. The number of amides is 1. The van der Waals surface area contributed by atoms with Gasteiger partial charge in [-0.15, -0.1) is 0 Å². The lowest BCUT2D eigenvalue weighted by Gasteiger charge is -2.18. The zero-order chi connectivity index (χ0) is 17.0. The van der Waals surface area contributed by atoms with Crippen molar-refractivity contribution in [2.24, 2.45) is 0 Å². The number of nitrogens with one attached hydrogen (secondary N) is 1. The van der Waals surface area contributed by atoms with E-state index in [0.29, 0.717) is 11.3 Å². The van der Waals surface area contributed by atoms with Crippen molar-refractivity contribution in [2.45, 2.75) is 19.0 Å². The molecule has 1 heterocycles. The van der Waals surface area contributed by atoms with Crippen molar-refractivity contribution < 1.29 is 19.4 Å². The van der Waals surface area contributed by atoms with E-state index in [9.17, 15) is 14.7 Å². The second-order valence-corrected chi connectivity index (χ2v) is 5.13. The maximum atomic E-state index is 12.2. The molecule has 2 rings (SSSR count). The second kappa shape index (κ2) is 7.10. The molecule has 0 fully saturated rings. The fourth-order valence-electron chi connectivity index (χ4n) is 1.95. The summed E-state index contributed by atoms with van der Waals surface area (Å²) >= 11 is 6.01. The maximum absolute atomic E-state index is 12.2. The molecule has 0 bridgehead atoms. The number of carbonyl (C=O) groups is 2. The molecule has 8 nitrogen and oxygen atoms in total. The highest BCUT2D eigenvalue weighted by molar-refractivity contribution is 6.32. The molecule has 0 radical (unpaired) electrons. The quantitative estimate of drug-likeness (QED) is 0.825. The van der Waals surface area contributed by atoms with E-state index in [0.717, 1.165) is 0 Å². The van der Waals surface area contributed by atoms with Gasteiger partial charge < -0.3 is 15.2 Å². The first kappa shape index (κ1) is 16.8. The van der Waals surface area contributed by atoms with Crippen LogP contribution in [-0.4, -0.2) is 38.9 Å². The Morgan fingerprint density at radius 3 is 2.70 bits per heavy atom. The van der Waals surface area contributed by atoms with Crippen LogP contribution in [0, 0.1) is 0 Å². The standard InChI is InChI=1S/C14H15ClN4O4/c1-8(19-7-16-6-17-19)13(20)18-12(14(21)22)9-3-4-11(23-2)10(15)5-9/h3-8,12H,1-2H3,(H,18,20)(H,21,22). The molecular weight excluding hydrogens is 324 g/mol. The summed E-state index contributed by atoms with van der Waals surface area (Å²) in [6.07, 6.45) is 2.67. The first-order valence-corrected chi connectivity index (χ1v) is 7.02. The highest BCUT2D eigenvalue weighted by Crippen LogP contribution is 2.28. The zero-order valence-electron chi connectivity index (χ0n) is 12.4. The number of aromatic nitrogens is 3. The number of hydrogen-bond acceptors (Lipinski definition) is 5. The minimum absolute atomic E-state index is 0.259. The van der Waals surface area contributed by atoms with Gasteiger partial charge in [0.1, 0.15) is 24.4 Å². The van der Waals surface area contributed by atoms with Gasteiger partial charge in [-0.05, 0) is 24.6 Å². The molecule has 2 N–H and O–H groups in total. The number of halogens is 1. The number of nitrogens with zero attached hydrogens (tertiary/aromatic N) is 3. The van der Waals surface area contributed by atoms with Crippen molar-refractivity contribution in [2.75, 3.05) is 7.11 Å². The number of carboxylic acid groups (broad SMARTS) is 1. The number of ether oxygens (including phenoxy) is 1. The number of rotatable bonds is 6. The average molecular weight is 339 g/mol. The van der Waals surface area contributed by atoms with E-state index >= 15 is 0 Å². The van der Waals surface area contributed by atoms with E-state index in [1.807, 2.05) is 0 Å². The Hall–Kier alpha value is -2.61. The number of benzene rings is 1. The number of hydrogen-bond donors (Lipinski definition) is 2. The third-order valence-corrected chi connectivity index (χ3v) is 3.55. The third kappa shape index (κ3) is 3.78. The van der Waals surface area contributed by atoms with Gasteiger partial charge in [-0.1, -0.05) is 17.7 Å². The van der Waals surface area contributed by atoms with Gasteiger partial charge in [0.15, 0.2) is 6.04 Å². The number of aliphatic carboxylic acids is 1. The van der Waals surface area contributed by atoms with Gasteiger partial charge in [-0.25, -0.2) is 14.5 Å². The molecule has 0 aliphatic carbocycles. The van der Waals surface area contributed by atoms with Crippen LogP contribution < -0.4 is 10.1 Å². The summed E-state index contributed by atoms with van der Waals surface area (Å²) in [6.45, 7) is 1.59. The maximum Gasteiger partial charge on any atom is 0.330 e. The van der Waals surface area contributed by atoms with E-state index in [-0.39, 0.29) is 5.02 Å². The van der Waals surface area contributed by atoms with E-state index in [1.54, 1.807) is 13.0 Å². The monoisotopic (exact) mass is 338 g/mol. The van der Waals surface area contributed by atoms with E-state index in [4.69, 9.17) is 16.3 Å². The topological polar surface area (TPSA) is 106 Å². The second-order valence-electron chi connectivity index (χ2n) is 4.73. The molecule has 9 heteroatoms. The molecule has 122 valence electrons. The fourth-order valence-corrected chi connectivity index (χ4v) is 2.22.